The highest BCUT2D eigenvalue weighted by atomic mass is 32.2. The number of fused-ring (bicyclic) bond motifs is 2. The molecule has 2 aromatic carbocycles. The van der Waals surface area contributed by atoms with Gasteiger partial charge in [0.2, 0.25) is 0 Å². The molecule has 0 fully saturated rings. The molecule has 9 heteroatoms. The summed E-state index contributed by atoms with van der Waals surface area (Å²) in [6, 6.07) is 8.22. The molecule has 0 aliphatic carbocycles. The van der Waals surface area contributed by atoms with Gasteiger partial charge in [-0.1, -0.05) is 11.8 Å². The summed E-state index contributed by atoms with van der Waals surface area (Å²) in [5.41, 5.74) is 1.17. The molecule has 2 aromatic rings. The van der Waals surface area contributed by atoms with Crippen LogP contribution < -0.4 is 4.90 Å². The van der Waals surface area contributed by atoms with Crippen molar-refractivity contribution in [1.82, 2.24) is 0 Å². The summed E-state index contributed by atoms with van der Waals surface area (Å²) in [4.78, 5) is 35.1. The van der Waals surface area contributed by atoms with Crippen LogP contribution in [0, 0.1) is 20.2 Å². The van der Waals surface area contributed by atoms with Gasteiger partial charge in [-0.15, -0.1) is 0 Å². The van der Waals surface area contributed by atoms with Gasteiger partial charge in [-0.05, 0) is 19.1 Å². The first-order valence-electron chi connectivity index (χ1n) is 6.91. The molecule has 0 saturated heterocycles. The highest BCUT2D eigenvalue weighted by Gasteiger charge is 2.29. The molecule has 0 aromatic heterocycles. The van der Waals surface area contributed by atoms with Gasteiger partial charge < -0.3 is 9.69 Å². The van der Waals surface area contributed by atoms with Gasteiger partial charge in [0.15, 0.2) is 0 Å². The molecular weight excluding hydrogens is 334 g/mol. The Labute approximate surface area is 140 Å². The topological polar surface area (TPSA) is 107 Å². The Balaban J connectivity index is 2.19. The molecule has 0 amide bonds. The van der Waals surface area contributed by atoms with Crippen LogP contribution in [0.25, 0.3) is 0 Å². The van der Waals surface area contributed by atoms with Crippen molar-refractivity contribution < 1.29 is 14.6 Å². The van der Waals surface area contributed by atoms with Crippen LogP contribution in [0.5, 0.6) is 0 Å². The fourth-order valence-corrected chi connectivity index (χ4v) is 3.68. The minimum Gasteiger partial charge on any atom is -0.330 e. The number of nitro benzene ring substituents is 2. The molecule has 3 rings (SSSR count). The molecule has 0 saturated carbocycles. The minimum absolute atomic E-state index is 0.0752. The monoisotopic (exact) mass is 345 g/mol. The van der Waals surface area contributed by atoms with Gasteiger partial charge in [-0.3, -0.25) is 20.2 Å². The molecule has 1 unspecified atom stereocenters. The van der Waals surface area contributed by atoms with Crippen molar-refractivity contribution in [2.75, 3.05) is 4.90 Å². The van der Waals surface area contributed by atoms with Gasteiger partial charge in [-0.25, -0.2) is 0 Å². The standard InChI is InChI=1S/C15H11N3O5S/c1-9(8-19)16-12-4-2-10(17(20)21)6-14(12)24-15-7-11(18(22)23)3-5-13(15)16/h2-9H,1H3. The number of hydrogen-bond acceptors (Lipinski definition) is 7. The van der Waals surface area contributed by atoms with Gasteiger partial charge in [0, 0.05) is 34.1 Å². The number of benzene rings is 2. The van der Waals surface area contributed by atoms with Gasteiger partial charge in [0.25, 0.3) is 11.4 Å². The number of nitro groups is 2. The first-order valence-corrected chi connectivity index (χ1v) is 7.73. The lowest BCUT2D eigenvalue weighted by atomic mass is 10.1. The minimum atomic E-state index is -0.522. The number of aldehydes is 1. The van der Waals surface area contributed by atoms with Gasteiger partial charge in [-0.2, -0.15) is 0 Å². The fourth-order valence-electron chi connectivity index (χ4n) is 2.54. The van der Waals surface area contributed by atoms with E-state index in [-0.39, 0.29) is 11.4 Å². The lowest BCUT2D eigenvalue weighted by Crippen LogP contribution is -2.31. The highest BCUT2D eigenvalue weighted by Crippen LogP contribution is 2.50. The first-order chi connectivity index (χ1) is 11.4. The molecule has 0 N–H and O–H groups in total. The van der Waals surface area contributed by atoms with E-state index in [1.165, 1.54) is 36.0 Å². The van der Waals surface area contributed by atoms with E-state index >= 15 is 0 Å². The van der Waals surface area contributed by atoms with E-state index in [4.69, 9.17) is 0 Å². The second-order valence-electron chi connectivity index (χ2n) is 5.17. The SMILES string of the molecule is CC(C=O)N1c2ccc([N+](=O)[O-])cc2Sc2cc([N+](=O)[O-])ccc21. The largest absolute Gasteiger partial charge is 0.330 e. The van der Waals surface area contributed by atoms with Crippen LogP contribution in [0.1, 0.15) is 6.92 Å². The summed E-state index contributed by atoms with van der Waals surface area (Å²) >= 11 is 1.21. The van der Waals surface area contributed by atoms with E-state index < -0.39 is 15.9 Å². The number of carbonyl (C=O) groups is 1. The number of non-ortho nitro benzene ring substituents is 2. The number of hydrogen-bond donors (Lipinski definition) is 0. The van der Waals surface area contributed by atoms with E-state index in [1.807, 2.05) is 0 Å². The van der Waals surface area contributed by atoms with Crippen LogP contribution in [0.2, 0.25) is 0 Å². The van der Waals surface area contributed by atoms with E-state index in [0.717, 1.165) is 6.29 Å². The molecule has 8 nitrogen and oxygen atoms in total. The molecule has 0 radical (unpaired) electrons. The van der Waals surface area contributed by atoms with Crippen LogP contribution in [-0.4, -0.2) is 22.2 Å². The molecule has 1 atom stereocenters. The summed E-state index contributed by atoms with van der Waals surface area (Å²) in [5, 5.41) is 22.0. The van der Waals surface area contributed by atoms with Crippen molar-refractivity contribution in [3.63, 3.8) is 0 Å². The molecule has 1 heterocycles. The first kappa shape index (κ1) is 15.9. The summed E-state index contributed by atoms with van der Waals surface area (Å²) in [6.45, 7) is 1.69. The van der Waals surface area contributed by atoms with Crippen molar-refractivity contribution in [2.45, 2.75) is 22.8 Å². The van der Waals surface area contributed by atoms with E-state index in [2.05, 4.69) is 0 Å². The Bertz CT molecular complexity index is 807. The summed E-state index contributed by atoms with van der Waals surface area (Å²) in [7, 11) is 0. The Morgan fingerprint density at radius 2 is 1.46 bits per heavy atom. The average molecular weight is 345 g/mol. The molecule has 0 bridgehead atoms. The Kier molecular flexibility index (Phi) is 3.94. The van der Waals surface area contributed by atoms with E-state index in [0.29, 0.717) is 21.2 Å². The van der Waals surface area contributed by atoms with E-state index in [9.17, 15) is 25.0 Å². The summed E-state index contributed by atoms with van der Waals surface area (Å²) in [5.74, 6) is 0. The lowest BCUT2D eigenvalue weighted by molar-refractivity contribution is -0.385. The molecule has 122 valence electrons. The maximum atomic E-state index is 11.3. The normalized spacial score (nSPS) is 13.6. The molecule has 1 aliphatic heterocycles. The zero-order chi connectivity index (χ0) is 17.4. The third-order valence-corrected chi connectivity index (χ3v) is 4.75. The maximum Gasteiger partial charge on any atom is 0.270 e. The number of anilines is 2. The maximum absolute atomic E-state index is 11.3. The van der Waals surface area contributed by atoms with Crippen LogP contribution in [0.3, 0.4) is 0 Å². The van der Waals surface area contributed by atoms with Crippen LogP contribution >= 0.6 is 11.8 Å². The molecule has 24 heavy (non-hydrogen) atoms. The van der Waals surface area contributed by atoms with Crippen molar-refractivity contribution in [3.8, 4) is 0 Å². The van der Waals surface area contributed by atoms with Crippen LogP contribution in [0.4, 0.5) is 22.7 Å². The third-order valence-electron chi connectivity index (χ3n) is 3.65. The lowest BCUT2D eigenvalue weighted by Gasteiger charge is -2.34. The highest BCUT2D eigenvalue weighted by molar-refractivity contribution is 7.99. The van der Waals surface area contributed by atoms with Crippen LogP contribution in [-0.2, 0) is 4.79 Å². The van der Waals surface area contributed by atoms with Crippen molar-refractivity contribution in [2.24, 2.45) is 0 Å². The zero-order valence-electron chi connectivity index (χ0n) is 12.4. The average Bonchev–Trinajstić information content (AvgIpc) is 2.57. The second-order valence-corrected chi connectivity index (χ2v) is 6.25. The number of rotatable bonds is 4. The molecule has 0 spiro atoms. The van der Waals surface area contributed by atoms with E-state index in [1.54, 1.807) is 24.0 Å². The Morgan fingerprint density at radius 3 is 1.83 bits per heavy atom. The molecule has 1 aliphatic rings. The van der Waals surface area contributed by atoms with Crippen molar-refractivity contribution in [3.05, 3.63) is 56.6 Å². The van der Waals surface area contributed by atoms with Crippen molar-refractivity contribution in [1.29, 1.82) is 0 Å². The third kappa shape index (κ3) is 2.58. The molecular formula is C15H11N3O5S. The predicted molar refractivity (Wildman–Crippen MR) is 88.0 cm³/mol. The smallest absolute Gasteiger partial charge is 0.270 e. The predicted octanol–water partition coefficient (Wildman–Crippen LogP) is 3.69. The zero-order valence-corrected chi connectivity index (χ0v) is 13.2. The Hall–Kier alpha value is -2.94. The second kappa shape index (κ2) is 5.93. The van der Waals surface area contributed by atoms with Gasteiger partial charge in [0.05, 0.1) is 27.3 Å². The van der Waals surface area contributed by atoms with Crippen molar-refractivity contribution >= 4 is 40.8 Å². The van der Waals surface area contributed by atoms with Gasteiger partial charge >= 0.3 is 0 Å². The number of carbonyl (C=O) groups excluding carboxylic acids is 1. The Morgan fingerprint density at radius 1 is 1.00 bits per heavy atom. The quantitative estimate of drug-likeness (QED) is 0.472. The fraction of sp³-hybridized carbons (Fsp3) is 0.133. The summed E-state index contributed by atoms with van der Waals surface area (Å²) < 4.78 is 0. The van der Waals surface area contributed by atoms with Crippen LogP contribution in [0.15, 0.2) is 46.2 Å². The summed E-state index contributed by atoms with van der Waals surface area (Å²) in [6.07, 6.45) is 0.756. The number of nitrogens with zero attached hydrogens (tertiary/aromatic N) is 3. The van der Waals surface area contributed by atoms with Gasteiger partial charge in [0.1, 0.15) is 6.29 Å².